The number of nitrogens with one attached hydrogen (secondary N) is 1. The summed E-state index contributed by atoms with van der Waals surface area (Å²) in [5, 5.41) is 17.6. The van der Waals surface area contributed by atoms with Crippen molar-refractivity contribution in [3.05, 3.63) is 29.8 Å². The molecule has 17 heavy (non-hydrogen) atoms. The number of hydrogen-bond acceptors (Lipinski definition) is 4. The van der Waals surface area contributed by atoms with E-state index in [1.165, 1.54) is 24.3 Å². The third kappa shape index (κ3) is 3.53. The molecule has 1 aromatic carbocycles. The Balaban J connectivity index is 2.93. The Hall–Kier alpha value is -1.42. The van der Waals surface area contributed by atoms with Gasteiger partial charge in [0.25, 0.3) is 0 Å². The van der Waals surface area contributed by atoms with Crippen molar-refractivity contribution < 1.29 is 13.5 Å². The molecule has 0 amide bonds. The normalized spacial score (nSPS) is 13.0. The van der Waals surface area contributed by atoms with E-state index in [9.17, 15) is 8.42 Å². The lowest BCUT2D eigenvalue weighted by Gasteiger charge is -2.14. The number of aliphatic hydroxyl groups excluding tert-OH is 1. The van der Waals surface area contributed by atoms with E-state index in [-0.39, 0.29) is 11.5 Å². The lowest BCUT2D eigenvalue weighted by Crippen LogP contribution is -2.36. The molecular formula is C11H14N2O3S. The van der Waals surface area contributed by atoms with Gasteiger partial charge in [0.2, 0.25) is 10.0 Å². The smallest absolute Gasteiger partial charge is 0.240 e. The van der Waals surface area contributed by atoms with Gasteiger partial charge in [0.1, 0.15) is 0 Å². The highest BCUT2D eigenvalue weighted by Gasteiger charge is 2.18. The second-order valence-electron chi connectivity index (χ2n) is 3.55. The minimum absolute atomic E-state index is 0.0865. The molecule has 0 saturated carbocycles. The van der Waals surface area contributed by atoms with Crippen LogP contribution in [0.15, 0.2) is 29.2 Å². The summed E-state index contributed by atoms with van der Waals surface area (Å²) in [5.41, 5.74) is 0.401. The van der Waals surface area contributed by atoms with E-state index in [4.69, 9.17) is 10.4 Å². The van der Waals surface area contributed by atoms with Gasteiger partial charge < -0.3 is 5.11 Å². The van der Waals surface area contributed by atoms with Crippen LogP contribution in [0.25, 0.3) is 0 Å². The van der Waals surface area contributed by atoms with E-state index in [0.717, 1.165) is 0 Å². The summed E-state index contributed by atoms with van der Waals surface area (Å²) in [7, 11) is -3.63. The molecule has 0 aliphatic heterocycles. The molecule has 1 atom stereocenters. The van der Waals surface area contributed by atoms with Crippen LogP contribution in [0.3, 0.4) is 0 Å². The highest BCUT2D eigenvalue weighted by Crippen LogP contribution is 2.11. The van der Waals surface area contributed by atoms with Gasteiger partial charge in [-0.05, 0) is 30.7 Å². The molecule has 1 rings (SSSR count). The molecule has 0 aliphatic rings. The largest absolute Gasteiger partial charge is 0.395 e. The Labute approximate surface area is 101 Å². The van der Waals surface area contributed by atoms with Gasteiger partial charge in [0.05, 0.1) is 23.1 Å². The highest BCUT2D eigenvalue weighted by atomic mass is 32.2. The molecule has 0 saturated heterocycles. The van der Waals surface area contributed by atoms with Crippen LogP contribution < -0.4 is 4.72 Å². The fourth-order valence-corrected chi connectivity index (χ4v) is 2.56. The number of benzene rings is 1. The van der Waals surface area contributed by atoms with Gasteiger partial charge in [-0.25, -0.2) is 13.1 Å². The number of rotatable bonds is 5. The molecule has 2 N–H and O–H groups in total. The SMILES string of the molecule is CC[C@@H](CO)NS(=O)(=O)c1ccc(C#N)cc1. The summed E-state index contributed by atoms with van der Waals surface area (Å²) < 4.78 is 26.1. The first-order chi connectivity index (χ1) is 8.03. The molecule has 5 nitrogen and oxygen atoms in total. The fraction of sp³-hybridized carbons (Fsp3) is 0.364. The van der Waals surface area contributed by atoms with Crippen LogP contribution in [0.5, 0.6) is 0 Å². The maximum absolute atomic E-state index is 11.9. The lowest BCUT2D eigenvalue weighted by molar-refractivity contribution is 0.254. The van der Waals surface area contributed by atoms with Crippen LogP contribution in [0.1, 0.15) is 18.9 Å². The fourth-order valence-electron chi connectivity index (χ4n) is 1.25. The van der Waals surface area contributed by atoms with Gasteiger partial charge in [-0.3, -0.25) is 0 Å². The molecule has 0 heterocycles. The number of sulfonamides is 1. The molecule has 0 aliphatic carbocycles. The van der Waals surface area contributed by atoms with Crippen molar-refractivity contribution in [2.24, 2.45) is 0 Å². The third-order valence-electron chi connectivity index (χ3n) is 2.33. The summed E-state index contributed by atoms with van der Waals surface area (Å²) in [6, 6.07) is 7.03. The van der Waals surface area contributed by atoms with Crippen LogP contribution in [-0.2, 0) is 10.0 Å². The van der Waals surface area contributed by atoms with Gasteiger partial charge in [-0.2, -0.15) is 5.26 Å². The Morgan fingerprint density at radius 3 is 2.41 bits per heavy atom. The summed E-state index contributed by atoms with van der Waals surface area (Å²) in [6.07, 6.45) is 0.506. The van der Waals surface area contributed by atoms with E-state index in [2.05, 4.69) is 4.72 Å². The first-order valence-electron chi connectivity index (χ1n) is 5.17. The molecule has 6 heteroatoms. The maximum atomic E-state index is 11.9. The number of nitriles is 1. The quantitative estimate of drug-likeness (QED) is 0.805. The van der Waals surface area contributed by atoms with Crippen molar-refractivity contribution in [1.82, 2.24) is 4.72 Å². The summed E-state index contributed by atoms with van der Waals surface area (Å²) >= 11 is 0. The molecule has 0 bridgehead atoms. The maximum Gasteiger partial charge on any atom is 0.240 e. The summed E-state index contributed by atoms with van der Waals surface area (Å²) in [6.45, 7) is 1.54. The van der Waals surface area contributed by atoms with Crippen molar-refractivity contribution in [2.45, 2.75) is 24.3 Å². The molecule has 1 aromatic rings. The molecule has 0 radical (unpaired) electrons. The van der Waals surface area contributed by atoms with Crippen LogP contribution in [0.4, 0.5) is 0 Å². The lowest BCUT2D eigenvalue weighted by atomic mass is 10.2. The summed E-state index contributed by atoms with van der Waals surface area (Å²) in [5.74, 6) is 0. The van der Waals surface area contributed by atoms with Crippen LogP contribution in [-0.4, -0.2) is 26.2 Å². The first kappa shape index (κ1) is 13.6. The van der Waals surface area contributed by atoms with E-state index in [1.807, 2.05) is 6.07 Å². The minimum Gasteiger partial charge on any atom is -0.395 e. The monoisotopic (exact) mass is 254 g/mol. The standard InChI is InChI=1S/C11H14N2O3S/c1-2-10(8-14)13-17(15,16)11-5-3-9(7-12)4-6-11/h3-6,10,13-14H,2,8H2,1H3/t10-/m0/s1. The van der Waals surface area contributed by atoms with Crippen molar-refractivity contribution in [3.8, 4) is 6.07 Å². The highest BCUT2D eigenvalue weighted by molar-refractivity contribution is 7.89. The molecule has 0 unspecified atom stereocenters. The van der Waals surface area contributed by atoms with Crippen molar-refractivity contribution in [2.75, 3.05) is 6.61 Å². The molecule has 0 spiro atoms. The zero-order valence-electron chi connectivity index (χ0n) is 9.42. The second kappa shape index (κ2) is 5.77. The van der Waals surface area contributed by atoms with Crippen molar-refractivity contribution in [1.29, 1.82) is 5.26 Å². The van der Waals surface area contributed by atoms with Crippen LogP contribution >= 0.6 is 0 Å². The van der Waals surface area contributed by atoms with Crippen molar-refractivity contribution in [3.63, 3.8) is 0 Å². The van der Waals surface area contributed by atoms with Gasteiger partial charge in [0, 0.05) is 6.04 Å². The summed E-state index contributed by atoms with van der Waals surface area (Å²) in [4.78, 5) is 0.0865. The number of hydrogen-bond donors (Lipinski definition) is 2. The zero-order chi connectivity index (χ0) is 12.9. The van der Waals surface area contributed by atoms with E-state index in [0.29, 0.717) is 12.0 Å². The average molecular weight is 254 g/mol. The molecule has 0 fully saturated rings. The van der Waals surface area contributed by atoms with Crippen LogP contribution in [0, 0.1) is 11.3 Å². The topological polar surface area (TPSA) is 90.2 Å². The van der Waals surface area contributed by atoms with E-state index < -0.39 is 16.1 Å². The predicted molar refractivity (Wildman–Crippen MR) is 62.6 cm³/mol. The predicted octanol–water partition coefficient (Wildman–Crippen LogP) is 0.607. The molecule has 92 valence electrons. The van der Waals surface area contributed by atoms with Gasteiger partial charge >= 0.3 is 0 Å². The Bertz CT molecular complexity index is 499. The third-order valence-corrected chi connectivity index (χ3v) is 3.87. The number of nitrogens with zero attached hydrogens (tertiary/aromatic N) is 1. The Kier molecular flexibility index (Phi) is 4.63. The minimum atomic E-state index is -3.63. The van der Waals surface area contributed by atoms with E-state index in [1.54, 1.807) is 6.92 Å². The van der Waals surface area contributed by atoms with Gasteiger partial charge in [-0.15, -0.1) is 0 Å². The second-order valence-corrected chi connectivity index (χ2v) is 5.26. The van der Waals surface area contributed by atoms with Crippen LogP contribution in [0.2, 0.25) is 0 Å². The van der Waals surface area contributed by atoms with Gasteiger partial charge in [0.15, 0.2) is 0 Å². The molecule has 0 aromatic heterocycles. The number of aliphatic hydroxyl groups is 1. The Morgan fingerprint density at radius 1 is 1.41 bits per heavy atom. The van der Waals surface area contributed by atoms with E-state index >= 15 is 0 Å². The Morgan fingerprint density at radius 2 is 2.00 bits per heavy atom. The van der Waals surface area contributed by atoms with Gasteiger partial charge in [-0.1, -0.05) is 6.92 Å². The zero-order valence-corrected chi connectivity index (χ0v) is 10.2. The van der Waals surface area contributed by atoms with Crippen molar-refractivity contribution >= 4 is 10.0 Å². The molecular weight excluding hydrogens is 240 g/mol. The average Bonchev–Trinajstić information content (AvgIpc) is 2.36. The first-order valence-corrected chi connectivity index (χ1v) is 6.65.